The van der Waals surface area contributed by atoms with Crippen LogP contribution >= 0.6 is 0 Å². The summed E-state index contributed by atoms with van der Waals surface area (Å²) in [6, 6.07) is 11.8. The van der Waals surface area contributed by atoms with Gasteiger partial charge in [0.25, 0.3) is 5.91 Å². The summed E-state index contributed by atoms with van der Waals surface area (Å²) in [4.78, 5) is 23.8. The first kappa shape index (κ1) is 16.2. The highest BCUT2D eigenvalue weighted by Gasteiger charge is 2.13. The van der Waals surface area contributed by atoms with Crippen molar-refractivity contribution in [1.29, 1.82) is 0 Å². The van der Waals surface area contributed by atoms with E-state index in [4.69, 9.17) is 4.74 Å². The molecule has 6 heteroatoms. The van der Waals surface area contributed by atoms with Gasteiger partial charge >= 0.3 is 0 Å². The molecule has 1 amide bonds. The number of amides is 1. The lowest BCUT2D eigenvalue weighted by atomic mass is 10.1. The summed E-state index contributed by atoms with van der Waals surface area (Å²) in [5.41, 5.74) is 0.154. The van der Waals surface area contributed by atoms with Crippen molar-refractivity contribution in [2.45, 2.75) is 0 Å². The zero-order valence-electron chi connectivity index (χ0n) is 12.2. The van der Waals surface area contributed by atoms with Gasteiger partial charge in [-0.05, 0) is 24.3 Å². The number of benzene rings is 2. The molecule has 0 saturated heterocycles. The van der Waals surface area contributed by atoms with Gasteiger partial charge in [0.2, 0.25) is 0 Å². The molecule has 0 spiro atoms. The maximum Gasteiger partial charge on any atom is 0.290 e. The van der Waals surface area contributed by atoms with E-state index < -0.39 is 23.3 Å². The number of ketones is 1. The van der Waals surface area contributed by atoms with Crippen molar-refractivity contribution < 1.29 is 23.8 Å². The van der Waals surface area contributed by atoms with Crippen LogP contribution in [0.2, 0.25) is 0 Å². The summed E-state index contributed by atoms with van der Waals surface area (Å²) < 4.78 is 18.4. The number of anilines is 1. The van der Waals surface area contributed by atoms with Crippen LogP contribution in [0, 0.1) is 5.82 Å². The second kappa shape index (κ2) is 7.22. The topological polar surface area (TPSA) is 75.6 Å². The molecule has 0 fully saturated rings. The molecule has 2 aromatic carbocycles. The van der Waals surface area contributed by atoms with E-state index in [9.17, 15) is 19.1 Å². The molecular formula is C17H14FNO4. The Labute approximate surface area is 132 Å². The number of halogens is 1. The first-order chi connectivity index (χ1) is 11.0. The molecule has 0 unspecified atom stereocenters. The zero-order valence-corrected chi connectivity index (χ0v) is 12.2. The fourth-order valence-corrected chi connectivity index (χ4v) is 1.80. The van der Waals surface area contributed by atoms with E-state index in [0.717, 1.165) is 12.1 Å². The first-order valence-corrected chi connectivity index (χ1v) is 6.66. The number of carbonyl (C=O) groups is 2. The molecule has 2 aromatic rings. The van der Waals surface area contributed by atoms with Gasteiger partial charge in [0, 0.05) is 11.6 Å². The fourth-order valence-electron chi connectivity index (χ4n) is 1.80. The summed E-state index contributed by atoms with van der Waals surface area (Å²) in [6.07, 6.45) is 0.769. The monoisotopic (exact) mass is 315 g/mol. The molecule has 23 heavy (non-hydrogen) atoms. The quantitative estimate of drug-likeness (QED) is 0.505. The highest BCUT2D eigenvalue weighted by molar-refractivity contribution is 6.11. The van der Waals surface area contributed by atoms with E-state index in [1.54, 1.807) is 12.1 Å². The minimum Gasteiger partial charge on any atom is -0.503 e. The number of methoxy groups -OCH3 is 1. The SMILES string of the molecule is COc1cccc(C(=O)/C=C(\O)C(=O)Nc2ccccc2F)c1. The van der Waals surface area contributed by atoms with Gasteiger partial charge < -0.3 is 15.2 Å². The predicted octanol–water partition coefficient (Wildman–Crippen LogP) is 3.10. The Balaban J connectivity index is 2.13. The molecule has 118 valence electrons. The molecule has 0 aliphatic heterocycles. The predicted molar refractivity (Wildman–Crippen MR) is 83.1 cm³/mol. The fraction of sp³-hybridized carbons (Fsp3) is 0.0588. The third-order valence-corrected chi connectivity index (χ3v) is 2.98. The number of hydrogen-bond acceptors (Lipinski definition) is 4. The summed E-state index contributed by atoms with van der Waals surface area (Å²) in [5.74, 6) is -2.55. The van der Waals surface area contributed by atoms with Gasteiger partial charge in [-0.25, -0.2) is 4.39 Å². The zero-order chi connectivity index (χ0) is 16.8. The van der Waals surface area contributed by atoms with Crippen LogP contribution in [0.1, 0.15) is 10.4 Å². The number of hydrogen-bond donors (Lipinski definition) is 2. The third-order valence-electron chi connectivity index (χ3n) is 2.98. The summed E-state index contributed by atoms with van der Waals surface area (Å²) >= 11 is 0. The van der Waals surface area contributed by atoms with E-state index in [1.807, 2.05) is 0 Å². The third kappa shape index (κ3) is 4.16. The molecule has 0 atom stereocenters. The lowest BCUT2D eigenvalue weighted by Crippen LogP contribution is -2.16. The maximum absolute atomic E-state index is 13.4. The van der Waals surface area contributed by atoms with Crippen LogP contribution in [0.5, 0.6) is 5.75 Å². The largest absolute Gasteiger partial charge is 0.503 e. The van der Waals surface area contributed by atoms with Gasteiger partial charge in [-0.15, -0.1) is 0 Å². The number of para-hydroxylation sites is 1. The smallest absolute Gasteiger partial charge is 0.290 e. The molecule has 0 aliphatic rings. The van der Waals surface area contributed by atoms with Crippen molar-refractivity contribution in [3.63, 3.8) is 0 Å². The molecule has 5 nitrogen and oxygen atoms in total. The second-order valence-corrected chi connectivity index (χ2v) is 4.56. The molecule has 0 saturated carbocycles. The van der Waals surface area contributed by atoms with Crippen LogP contribution in [0.3, 0.4) is 0 Å². The van der Waals surface area contributed by atoms with Crippen molar-refractivity contribution >= 4 is 17.4 Å². The Morgan fingerprint density at radius 1 is 1.17 bits per heavy atom. The van der Waals surface area contributed by atoms with E-state index >= 15 is 0 Å². The minimum absolute atomic E-state index is 0.0914. The van der Waals surface area contributed by atoms with Crippen LogP contribution < -0.4 is 10.1 Å². The molecule has 0 bridgehead atoms. The molecule has 2 N–H and O–H groups in total. The Morgan fingerprint density at radius 2 is 1.91 bits per heavy atom. The number of aliphatic hydroxyl groups is 1. The van der Waals surface area contributed by atoms with Crippen molar-refractivity contribution in [3.8, 4) is 5.75 Å². The standard InChI is InChI=1S/C17H14FNO4/c1-23-12-6-4-5-11(9-12)15(20)10-16(21)17(22)19-14-8-3-2-7-13(14)18/h2-10,21H,1H3,(H,19,22)/b16-10-. The average molecular weight is 315 g/mol. The maximum atomic E-state index is 13.4. The molecular weight excluding hydrogens is 301 g/mol. The summed E-state index contributed by atoms with van der Waals surface area (Å²) in [5, 5.41) is 11.9. The van der Waals surface area contributed by atoms with Gasteiger partial charge in [0.05, 0.1) is 12.8 Å². The second-order valence-electron chi connectivity index (χ2n) is 4.56. The Morgan fingerprint density at radius 3 is 2.61 bits per heavy atom. The van der Waals surface area contributed by atoms with Crippen LogP contribution in [0.25, 0.3) is 0 Å². The molecule has 2 rings (SSSR count). The highest BCUT2D eigenvalue weighted by atomic mass is 19.1. The number of ether oxygens (including phenoxy) is 1. The molecule has 0 aliphatic carbocycles. The Kier molecular flexibility index (Phi) is 5.09. The number of nitrogens with one attached hydrogen (secondary N) is 1. The average Bonchev–Trinajstić information content (AvgIpc) is 2.56. The van der Waals surface area contributed by atoms with Crippen LogP contribution in [0.15, 0.2) is 60.4 Å². The summed E-state index contributed by atoms with van der Waals surface area (Å²) in [6.45, 7) is 0. The molecule has 0 radical (unpaired) electrons. The van der Waals surface area contributed by atoms with Gasteiger partial charge in [-0.3, -0.25) is 9.59 Å². The summed E-state index contributed by atoms with van der Waals surface area (Å²) in [7, 11) is 1.46. The van der Waals surface area contributed by atoms with Crippen molar-refractivity contribution in [3.05, 3.63) is 71.7 Å². The lowest BCUT2D eigenvalue weighted by molar-refractivity contribution is -0.115. The Bertz CT molecular complexity index is 771. The molecule has 0 heterocycles. The van der Waals surface area contributed by atoms with E-state index in [1.165, 1.54) is 37.4 Å². The Hall–Kier alpha value is -3.15. The molecule has 0 aromatic heterocycles. The van der Waals surface area contributed by atoms with E-state index in [0.29, 0.717) is 5.75 Å². The normalized spacial score (nSPS) is 11.0. The van der Waals surface area contributed by atoms with Gasteiger partial charge in [-0.1, -0.05) is 24.3 Å². The van der Waals surface area contributed by atoms with Crippen molar-refractivity contribution in [1.82, 2.24) is 0 Å². The van der Waals surface area contributed by atoms with Crippen molar-refractivity contribution in [2.24, 2.45) is 0 Å². The minimum atomic E-state index is -0.980. The van der Waals surface area contributed by atoms with Crippen molar-refractivity contribution in [2.75, 3.05) is 12.4 Å². The number of allylic oxidation sites excluding steroid dienone is 1. The number of carbonyl (C=O) groups excluding carboxylic acids is 2. The van der Waals surface area contributed by atoms with E-state index in [-0.39, 0.29) is 11.3 Å². The van der Waals surface area contributed by atoms with Crippen LogP contribution in [-0.4, -0.2) is 23.9 Å². The highest BCUT2D eigenvalue weighted by Crippen LogP contribution is 2.15. The van der Waals surface area contributed by atoms with Gasteiger partial charge in [0.1, 0.15) is 11.6 Å². The van der Waals surface area contributed by atoms with Crippen LogP contribution in [0.4, 0.5) is 10.1 Å². The van der Waals surface area contributed by atoms with E-state index in [2.05, 4.69) is 5.32 Å². The van der Waals surface area contributed by atoms with Gasteiger partial charge in [0.15, 0.2) is 11.5 Å². The lowest BCUT2D eigenvalue weighted by Gasteiger charge is -2.05. The number of aliphatic hydroxyl groups excluding tert-OH is 1. The first-order valence-electron chi connectivity index (χ1n) is 6.66. The van der Waals surface area contributed by atoms with Crippen LogP contribution in [-0.2, 0) is 4.79 Å². The van der Waals surface area contributed by atoms with Gasteiger partial charge in [-0.2, -0.15) is 0 Å². The number of rotatable bonds is 5.